The Morgan fingerprint density at radius 1 is 1.00 bits per heavy atom. The summed E-state index contributed by atoms with van der Waals surface area (Å²) in [6.45, 7) is 2.79. The molecule has 2 aromatic rings. The summed E-state index contributed by atoms with van der Waals surface area (Å²) in [4.78, 5) is 40.4. The van der Waals surface area contributed by atoms with Crippen LogP contribution in [0.15, 0.2) is 42.5 Å². The van der Waals surface area contributed by atoms with E-state index >= 15 is 0 Å². The van der Waals surface area contributed by atoms with Gasteiger partial charge in [0.05, 0.1) is 23.0 Å². The molecule has 0 radical (unpaired) electrons. The molecule has 0 bridgehead atoms. The molecule has 0 spiro atoms. The van der Waals surface area contributed by atoms with E-state index in [4.69, 9.17) is 23.2 Å². The quantitative estimate of drug-likeness (QED) is 0.731. The third-order valence-electron chi connectivity index (χ3n) is 5.11. The van der Waals surface area contributed by atoms with Crippen LogP contribution in [0.25, 0.3) is 0 Å². The fourth-order valence-electron chi connectivity index (χ4n) is 3.49. The summed E-state index contributed by atoms with van der Waals surface area (Å²) in [5, 5.41) is 3.43. The van der Waals surface area contributed by atoms with E-state index in [0.717, 1.165) is 11.6 Å². The average molecular weight is 466 g/mol. The van der Waals surface area contributed by atoms with Crippen molar-refractivity contribution < 1.29 is 18.8 Å². The van der Waals surface area contributed by atoms with Crippen LogP contribution in [-0.4, -0.2) is 53.7 Å². The van der Waals surface area contributed by atoms with Crippen molar-refractivity contribution in [3.05, 3.63) is 69.5 Å². The Balaban J connectivity index is 1.61. The lowest BCUT2D eigenvalue weighted by atomic mass is 10.0. The Morgan fingerprint density at radius 2 is 1.61 bits per heavy atom. The Bertz CT molecular complexity index is 976. The van der Waals surface area contributed by atoms with Crippen LogP contribution in [0.1, 0.15) is 35.3 Å². The Hall–Kier alpha value is -2.64. The number of nitrogens with one attached hydrogen (secondary N) is 1. The molecule has 0 saturated carbocycles. The second-order valence-corrected chi connectivity index (χ2v) is 8.15. The van der Waals surface area contributed by atoms with Crippen LogP contribution < -0.4 is 5.32 Å². The van der Waals surface area contributed by atoms with Crippen molar-refractivity contribution in [3.8, 4) is 0 Å². The third kappa shape index (κ3) is 5.95. The van der Waals surface area contributed by atoms with Gasteiger partial charge in [0.2, 0.25) is 11.8 Å². The molecule has 164 valence electrons. The van der Waals surface area contributed by atoms with E-state index in [-0.39, 0.29) is 34.7 Å². The maximum absolute atomic E-state index is 13.2. The highest BCUT2D eigenvalue weighted by atomic mass is 35.5. The molecule has 1 heterocycles. The highest BCUT2D eigenvalue weighted by Crippen LogP contribution is 2.22. The molecular formula is C22H22Cl2FN3O3. The monoisotopic (exact) mass is 465 g/mol. The third-order valence-corrected chi connectivity index (χ3v) is 5.67. The van der Waals surface area contributed by atoms with Crippen molar-refractivity contribution in [1.82, 2.24) is 15.1 Å². The van der Waals surface area contributed by atoms with Crippen molar-refractivity contribution >= 4 is 40.9 Å². The molecule has 3 rings (SSSR count). The minimum Gasteiger partial charge on any atom is -0.349 e. The summed E-state index contributed by atoms with van der Waals surface area (Å²) >= 11 is 11.9. The number of piperazine rings is 1. The molecule has 1 atom stereocenters. The zero-order chi connectivity index (χ0) is 22.5. The van der Waals surface area contributed by atoms with Gasteiger partial charge in [0.25, 0.3) is 5.91 Å². The minimum atomic E-state index is -0.508. The minimum absolute atomic E-state index is 0.0598. The van der Waals surface area contributed by atoms with Crippen LogP contribution in [0.5, 0.6) is 0 Å². The normalized spacial score (nSPS) is 14.8. The van der Waals surface area contributed by atoms with Crippen molar-refractivity contribution in [2.75, 3.05) is 26.2 Å². The van der Waals surface area contributed by atoms with Gasteiger partial charge in [-0.1, -0.05) is 35.3 Å². The van der Waals surface area contributed by atoms with Crippen LogP contribution in [0, 0.1) is 5.82 Å². The SMILES string of the molecule is CC(=O)NC(CC(=O)N1CCN(C(=O)c2ccc(F)cc2Cl)CC1)c1ccc(Cl)cc1. The average Bonchev–Trinajstić information content (AvgIpc) is 2.73. The number of amides is 3. The smallest absolute Gasteiger partial charge is 0.255 e. The molecule has 0 aliphatic carbocycles. The van der Waals surface area contributed by atoms with Gasteiger partial charge in [0, 0.05) is 38.1 Å². The van der Waals surface area contributed by atoms with Gasteiger partial charge in [-0.15, -0.1) is 0 Å². The predicted molar refractivity (Wildman–Crippen MR) is 117 cm³/mol. The lowest BCUT2D eigenvalue weighted by molar-refractivity contribution is -0.133. The summed E-state index contributed by atoms with van der Waals surface area (Å²) in [6.07, 6.45) is 0.0962. The summed E-state index contributed by atoms with van der Waals surface area (Å²) in [7, 11) is 0. The summed E-state index contributed by atoms with van der Waals surface area (Å²) < 4.78 is 13.2. The van der Waals surface area contributed by atoms with Gasteiger partial charge < -0.3 is 15.1 Å². The molecule has 2 aromatic carbocycles. The fraction of sp³-hybridized carbons (Fsp3) is 0.318. The van der Waals surface area contributed by atoms with Gasteiger partial charge in [-0.25, -0.2) is 4.39 Å². The second-order valence-electron chi connectivity index (χ2n) is 7.31. The molecule has 0 aromatic heterocycles. The Kier molecular flexibility index (Phi) is 7.51. The Morgan fingerprint density at radius 3 is 2.19 bits per heavy atom. The predicted octanol–water partition coefficient (Wildman–Crippen LogP) is 3.68. The van der Waals surface area contributed by atoms with E-state index in [2.05, 4.69) is 5.32 Å². The molecule has 1 aliphatic heterocycles. The highest BCUT2D eigenvalue weighted by molar-refractivity contribution is 6.33. The van der Waals surface area contributed by atoms with Crippen molar-refractivity contribution in [2.45, 2.75) is 19.4 Å². The maximum Gasteiger partial charge on any atom is 0.255 e. The molecule has 1 N–H and O–H groups in total. The van der Waals surface area contributed by atoms with Crippen LogP contribution >= 0.6 is 23.2 Å². The highest BCUT2D eigenvalue weighted by Gasteiger charge is 2.28. The first-order valence-corrected chi connectivity index (χ1v) is 10.5. The van der Waals surface area contributed by atoms with E-state index in [9.17, 15) is 18.8 Å². The van der Waals surface area contributed by atoms with Crippen molar-refractivity contribution in [3.63, 3.8) is 0 Å². The molecule has 1 aliphatic rings. The first-order chi connectivity index (χ1) is 14.7. The van der Waals surface area contributed by atoms with E-state index in [1.165, 1.54) is 19.1 Å². The standard InChI is InChI=1S/C22H22Cl2FN3O3/c1-14(29)26-20(15-2-4-16(23)5-3-15)13-21(30)27-8-10-28(11-9-27)22(31)18-7-6-17(25)12-19(18)24/h2-7,12,20H,8-11,13H2,1H3,(H,26,29). The van der Waals surface area contributed by atoms with Crippen LogP contribution in [-0.2, 0) is 9.59 Å². The van der Waals surface area contributed by atoms with Crippen molar-refractivity contribution in [2.24, 2.45) is 0 Å². The number of carbonyl (C=O) groups is 3. The lowest BCUT2D eigenvalue weighted by Crippen LogP contribution is -2.51. The number of hydrogen-bond donors (Lipinski definition) is 1. The summed E-state index contributed by atoms with van der Waals surface area (Å²) in [5.41, 5.74) is 1.02. The molecule has 3 amide bonds. The van der Waals surface area contributed by atoms with Gasteiger partial charge in [-0.05, 0) is 35.9 Å². The zero-order valence-corrected chi connectivity index (χ0v) is 18.4. The number of nitrogens with zero attached hydrogens (tertiary/aromatic N) is 2. The van der Waals surface area contributed by atoms with Crippen molar-refractivity contribution in [1.29, 1.82) is 0 Å². The number of halogens is 3. The topological polar surface area (TPSA) is 69.7 Å². The molecule has 9 heteroatoms. The first kappa shape index (κ1) is 23.0. The van der Waals surface area contributed by atoms with Gasteiger partial charge >= 0.3 is 0 Å². The maximum atomic E-state index is 13.2. The fourth-order valence-corrected chi connectivity index (χ4v) is 3.86. The van der Waals surface area contributed by atoms with Gasteiger partial charge in [-0.3, -0.25) is 14.4 Å². The van der Waals surface area contributed by atoms with E-state index in [1.54, 1.807) is 34.1 Å². The summed E-state index contributed by atoms with van der Waals surface area (Å²) in [5.74, 6) is -1.17. The molecular weight excluding hydrogens is 444 g/mol. The van der Waals surface area contributed by atoms with Crippen LogP contribution in [0.3, 0.4) is 0 Å². The number of rotatable bonds is 5. The van der Waals surface area contributed by atoms with E-state index < -0.39 is 11.9 Å². The van der Waals surface area contributed by atoms with Crippen LogP contribution in [0.2, 0.25) is 10.0 Å². The molecule has 1 saturated heterocycles. The number of benzene rings is 2. The van der Waals surface area contributed by atoms with Crippen LogP contribution in [0.4, 0.5) is 4.39 Å². The first-order valence-electron chi connectivity index (χ1n) is 9.79. The molecule has 6 nitrogen and oxygen atoms in total. The van der Waals surface area contributed by atoms with Gasteiger partial charge in [-0.2, -0.15) is 0 Å². The summed E-state index contributed by atoms with van der Waals surface area (Å²) in [6, 6.07) is 10.2. The Labute approximate surface area is 189 Å². The van der Waals surface area contributed by atoms with E-state index in [1.807, 2.05) is 0 Å². The molecule has 1 unspecified atom stereocenters. The lowest BCUT2D eigenvalue weighted by Gasteiger charge is -2.35. The molecule has 31 heavy (non-hydrogen) atoms. The molecule has 1 fully saturated rings. The van der Waals surface area contributed by atoms with E-state index in [0.29, 0.717) is 31.2 Å². The number of carbonyl (C=O) groups excluding carboxylic acids is 3. The van der Waals surface area contributed by atoms with Gasteiger partial charge in [0.15, 0.2) is 0 Å². The second kappa shape index (κ2) is 10.1. The van der Waals surface area contributed by atoms with Gasteiger partial charge in [0.1, 0.15) is 5.82 Å². The number of hydrogen-bond acceptors (Lipinski definition) is 3. The zero-order valence-electron chi connectivity index (χ0n) is 16.9. The largest absolute Gasteiger partial charge is 0.349 e.